The van der Waals surface area contributed by atoms with Gasteiger partial charge in [-0.1, -0.05) is 12.1 Å². The van der Waals surface area contributed by atoms with E-state index in [0.717, 1.165) is 5.56 Å². The number of hydrogen-bond acceptors (Lipinski definition) is 7. The molecule has 144 valence electrons. The number of carbonyl (C=O) groups is 2. The van der Waals surface area contributed by atoms with Crippen LogP contribution in [0.4, 0.5) is 0 Å². The van der Waals surface area contributed by atoms with Crippen LogP contribution in [-0.2, 0) is 35.1 Å². The molecule has 2 aliphatic rings. The van der Waals surface area contributed by atoms with E-state index < -0.39 is 42.6 Å². The van der Waals surface area contributed by atoms with Gasteiger partial charge in [0.2, 0.25) is 0 Å². The number of nitrogens with one attached hydrogen (secondary N) is 1. The molecule has 0 unspecified atom stereocenters. The molecule has 0 saturated carbocycles. The van der Waals surface area contributed by atoms with Crippen LogP contribution >= 0.6 is 0 Å². The second kappa shape index (κ2) is 6.72. The average molecular weight is 376 g/mol. The maximum absolute atomic E-state index is 12.6. The van der Waals surface area contributed by atoms with Gasteiger partial charge in [0.25, 0.3) is 0 Å². The van der Waals surface area contributed by atoms with Gasteiger partial charge < -0.3 is 28.7 Å². The molecular formula is C19H21NO7. The van der Waals surface area contributed by atoms with Gasteiger partial charge in [-0.3, -0.25) is 4.79 Å². The van der Waals surface area contributed by atoms with Crippen LogP contribution in [0.3, 0.4) is 0 Å². The van der Waals surface area contributed by atoms with Crippen LogP contribution in [0.1, 0.15) is 31.1 Å². The zero-order chi connectivity index (χ0) is 20.1. The lowest BCUT2D eigenvalue weighted by Gasteiger charge is -2.22. The lowest BCUT2D eigenvalue weighted by molar-refractivity contribution is -0.230. The monoisotopic (exact) mass is 376 g/mol. The highest BCUT2D eigenvalue weighted by Crippen LogP contribution is 2.39. The molecule has 3 heterocycles. The van der Waals surface area contributed by atoms with Crippen LogP contribution < -0.4 is 0 Å². The molecule has 4 atom stereocenters. The first-order valence-corrected chi connectivity index (χ1v) is 8.60. The first-order chi connectivity index (χ1) is 13.3. The van der Waals surface area contributed by atoms with E-state index >= 15 is 0 Å². The summed E-state index contributed by atoms with van der Waals surface area (Å²) < 4.78 is 35.1. The standard InChI is InChI=1S/C19H21NO7/c1-19(2)26-14-15(25-18(23-3)16(14)27-19)17(22)24-9-10-4-5-12-11(8-21)7-20-13(12)6-10/h4-8,14-16,18,20H,9H2,1-3H3/t14-,15+,16-,18-/m0/s1/i8D. The first-order valence-electron chi connectivity index (χ1n) is 9.10. The summed E-state index contributed by atoms with van der Waals surface area (Å²) in [6, 6.07) is 5.23. The molecule has 1 aromatic carbocycles. The van der Waals surface area contributed by atoms with E-state index in [-0.39, 0.29) is 6.61 Å². The first kappa shape index (κ1) is 16.9. The summed E-state index contributed by atoms with van der Waals surface area (Å²) >= 11 is 0. The second-order valence-corrected chi connectivity index (χ2v) is 7.02. The molecular weight excluding hydrogens is 354 g/mol. The van der Waals surface area contributed by atoms with Gasteiger partial charge in [-0.2, -0.15) is 0 Å². The molecule has 2 saturated heterocycles. The summed E-state index contributed by atoms with van der Waals surface area (Å²) in [6.45, 7) is 3.56. The van der Waals surface area contributed by atoms with E-state index in [9.17, 15) is 9.59 Å². The number of aromatic nitrogens is 1. The van der Waals surface area contributed by atoms with Gasteiger partial charge in [0.15, 0.2) is 24.4 Å². The lowest BCUT2D eigenvalue weighted by atomic mass is 10.1. The largest absolute Gasteiger partial charge is 0.459 e. The molecule has 27 heavy (non-hydrogen) atoms. The minimum absolute atomic E-state index is 0.0249. The van der Waals surface area contributed by atoms with Crippen LogP contribution in [0.15, 0.2) is 24.4 Å². The Bertz CT molecular complexity index is 924. The molecule has 0 bridgehead atoms. The average Bonchev–Trinajstić information content (AvgIpc) is 3.29. The van der Waals surface area contributed by atoms with Crippen LogP contribution in [0, 0.1) is 0 Å². The smallest absolute Gasteiger partial charge is 0.338 e. The Hall–Kier alpha value is -2.26. The second-order valence-electron chi connectivity index (χ2n) is 7.02. The van der Waals surface area contributed by atoms with Gasteiger partial charge in [0, 0.05) is 29.8 Å². The number of benzene rings is 1. The number of hydrogen-bond donors (Lipinski definition) is 1. The fourth-order valence-corrected chi connectivity index (χ4v) is 3.52. The molecule has 2 aliphatic heterocycles. The van der Waals surface area contributed by atoms with Crippen molar-refractivity contribution < 1.29 is 34.6 Å². The highest BCUT2D eigenvalue weighted by atomic mass is 16.8. The third-order valence-corrected chi connectivity index (χ3v) is 4.71. The van der Waals surface area contributed by atoms with Gasteiger partial charge >= 0.3 is 5.97 Å². The summed E-state index contributed by atoms with van der Waals surface area (Å²) in [7, 11) is 1.48. The molecule has 8 heteroatoms. The van der Waals surface area contributed by atoms with E-state index in [2.05, 4.69) is 4.98 Å². The number of carbonyl (C=O) groups excluding carboxylic acids is 2. The Labute approximate surface area is 157 Å². The fourth-order valence-electron chi connectivity index (χ4n) is 3.52. The number of esters is 1. The molecule has 0 spiro atoms. The number of rotatable bonds is 5. The van der Waals surface area contributed by atoms with Crippen LogP contribution in [0.2, 0.25) is 0 Å². The molecule has 0 radical (unpaired) electrons. The van der Waals surface area contributed by atoms with Crippen molar-refractivity contribution >= 4 is 23.1 Å². The summed E-state index contributed by atoms with van der Waals surface area (Å²) in [5.74, 6) is -1.40. The Kier molecular flexibility index (Phi) is 4.20. The van der Waals surface area contributed by atoms with Crippen LogP contribution in [-0.4, -0.2) is 54.7 Å². The maximum atomic E-state index is 12.6. The van der Waals surface area contributed by atoms with Gasteiger partial charge in [-0.05, 0) is 25.5 Å². The summed E-state index contributed by atoms with van der Waals surface area (Å²) in [6.07, 6.45) is -2.03. The van der Waals surface area contributed by atoms with Gasteiger partial charge in [0.1, 0.15) is 20.2 Å². The number of methoxy groups -OCH3 is 1. The van der Waals surface area contributed by atoms with E-state index in [1.54, 1.807) is 32.0 Å². The van der Waals surface area contributed by atoms with Crippen molar-refractivity contribution in [1.29, 1.82) is 0 Å². The normalized spacial score (nSPS) is 29.5. The molecule has 2 fully saturated rings. The quantitative estimate of drug-likeness (QED) is 0.629. The van der Waals surface area contributed by atoms with Crippen LogP contribution in [0.25, 0.3) is 10.9 Å². The third kappa shape index (κ3) is 3.25. The van der Waals surface area contributed by atoms with Crippen molar-refractivity contribution in [2.24, 2.45) is 0 Å². The molecule has 0 amide bonds. The van der Waals surface area contributed by atoms with E-state index in [1.807, 2.05) is 0 Å². The Morgan fingerprint density at radius 1 is 1.37 bits per heavy atom. The maximum Gasteiger partial charge on any atom is 0.338 e. The van der Waals surface area contributed by atoms with E-state index in [1.165, 1.54) is 13.3 Å². The van der Waals surface area contributed by atoms with Crippen molar-refractivity contribution in [3.05, 3.63) is 35.5 Å². The molecule has 8 nitrogen and oxygen atoms in total. The molecule has 4 rings (SSSR count). The van der Waals surface area contributed by atoms with Gasteiger partial charge in [-0.25, -0.2) is 4.79 Å². The highest BCUT2D eigenvalue weighted by Gasteiger charge is 2.58. The number of ether oxygens (including phenoxy) is 5. The van der Waals surface area contributed by atoms with Crippen molar-refractivity contribution in [2.45, 2.75) is 50.8 Å². The minimum Gasteiger partial charge on any atom is -0.459 e. The van der Waals surface area contributed by atoms with Gasteiger partial charge in [-0.15, -0.1) is 0 Å². The predicted molar refractivity (Wildman–Crippen MR) is 93.0 cm³/mol. The van der Waals surface area contributed by atoms with E-state index in [0.29, 0.717) is 16.5 Å². The highest BCUT2D eigenvalue weighted by molar-refractivity contribution is 5.97. The number of fused-ring (bicyclic) bond motifs is 2. The summed E-state index contributed by atoms with van der Waals surface area (Å²) in [4.78, 5) is 26.8. The Morgan fingerprint density at radius 2 is 2.15 bits per heavy atom. The molecule has 0 aliphatic carbocycles. The third-order valence-electron chi connectivity index (χ3n) is 4.71. The Morgan fingerprint density at radius 3 is 2.89 bits per heavy atom. The molecule has 1 aromatic heterocycles. The van der Waals surface area contributed by atoms with Crippen molar-refractivity contribution in [3.8, 4) is 0 Å². The lowest BCUT2D eigenvalue weighted by Crippen LogP contribution is -2.36. The fraction of sp³-hybridized carbons (Fsp3) is 0.474. The number of aromatic amines is 1. The van der Waals surface area contributed by atoms with E-state index in [4.69, 9.17) is 25.1 Å². The Balaban J connectivity index is 1.44. The predicted octanol–water partition coefficient (Wildman–Crippen LogP) is 1.91. The van der Waals surface area contributed by atoms with Crippen molar-refractivity contribution in [2.75, 3.05) is 7.11 Å². The zero-order valence-electron chi connectivity index (χ0n) is 16.2. The number of H-pyrrole nitrogens is 1. The van der Waals surface area contributed by atoms with Gasteiger partial charge in [0.05, 0.1) is 0 Å². The summed E-state index contributed by atoms with van der Waals surface area (Å²) in [5, 5.41) is 0.652. The summed E-state index contributed by atoms with van der Waals surface area (Å²) in [5.41, 5.74) is 1.72. The topological polar surface area (TPSA) is 96.1 Å². The zero-order valence-corrected chi connectivity index (χ0v) is 15.2. The van der Waals surface area contributed by atoms with Crippen molar-refractivity contribution in [1.82, 2.24) is 4.98 Å². The van der Waals surface area contributed by atoms with Crippen molar-refractivity contribution in [3.63, 3.8) is 0 Å². The molecule has 2 aromatic rings. The minimum atomic E-state index is -0.946. The number of aldehydes is 1. The molecule has 1 N–H and O–H groups in total. The van der Waals surface area contributed by atoms with Crippen LogP contribution in [0.5, 0.6) is 0 Å². The SMILES string of the molecule is [2H]C(=O)c1c[nH]c2cc(COC(=O)[C@@H]3O[C@H](OC)[C@H]4OC(C)(C)O[C@H]43)ccc12.